The van der Waals surface area contributed by atoms with Gasteiger partial charge in [0.25, 0.3) is 6.43 Å². The van der Waals surface area contributed by atoms with E-state index in [-0.39, 0.29) is 11.1 Å². The Balaban J connectivity index is 3.38. The Morgan fingerprint density at radius 3 is 2.62 bits per heavy atom. The zero-order valence-corrected chi connectivity index (χ0v) is 6.68. The number of rotatable bonds is 1. The van der Waals surface area contributed by atoms with Crippen LogP contribution in [0.4, 0.5) is 13.2 Å². The van der Waals surface area contributed by atoms with Gasteiger partial charge in [-0.25, -0.2) is 13.2 Å². The molecule has 0 saturated carbocycles. The van der Waals surface area contributed by atoms with Gasteiger partial charge < -0.3 is 0 Å². The maximum absolute atomic E-state index is 12.8. The van der Waals surface area contributed by atoms with Crippen molar-refractivity contribution in [2.24, 2.45) is 0 Å². The van der Waals surface area contributed by atoms with Crippen LogP contribution in [0.2, 0.25) is 0 Å². The Morgan fingerprint density at radius 2 is 2.15 bits per heavy atom. The number of pyridine rings is 1. The minimum Gasteiger partial charge on any atom is -0.252 e. The van der Waals surface area contributed by atoms with Crippen molar-refractivity contribution < 1.29 is 13.2 Å². The van der Waals surface area contributed by atoms with Crippen LogP contribution in [0.15, 0.2) is 6.20 Å². The summed E-state index contributed by atoms with van der Waals surface area (Å²) in [6.45, 7) is 1.25. The first-order valence-corrected chi connectivity index (χ1v) is 3.41. The van der Waals surface area contributed by atoms with Crippen LogP contribution in [-0.2, 0) is 0 Å². The van der Waals surface area contributed by atoms with Crippen molar-refractivity contribution in [2.75, 3.05) is 0 Å². The second-order valence-electron chi connectivity index (χ2n) is 2.40. The van der Waals surface area contributed by atoms with Gasteiger partial charge in [0, 0.05) is 0 Å². The summed E-state index contributed by atoms with van der Waals surface area (Å²) in [5, 5.41) is 8.44. The first-order chi connectivity index (χ1) is 6.07. The molecule has 13 heavy (non-hydrogen) atoms. The molecule has 1 aromatic heterocycles. The molecule has 0 radical (unpaired) electrons. The fraction of sp³-hybridized carbons (Fsp3) is 0.250. The van der Waals surface area contributed by atoms with Gasteiger partial charge in [0.15, 0.2) is 5.82 Å². The SMILES string of the molecule is Cc1c(C(F)F)ncc(F)c1C#N. The molecule has 0 aliphatic rings. The van der Waals surface area contributed by atoms with Crippen LogP contribution in [0.5, 0.6) is 0 Å². The molecule has 0 bridgehead atoms. The smallest absolute Gasteiger partial charge is 0.252 e. The average molecular weight is 186 g/mol. The van der Waals surface area contributed by atoms with Gasteiger partial charge in [-0.15, -0.1) is 0 Å². The largest absolute Gasteiger partial charge is 0.280 e. The average Bonchev–Trinajstić information content (AvgIpc) is 2.04. The van der Waals surface area contributed by atoms with Crippen LogP contribution in [0.1, 0.15) is 23.2 Å². The van der Waals surface area contributed by atoms with Crippen molar-refractivity contribution in [1.82, 2.24) is 4.98 Å². The van der Waals surface area contributed by atoms with Crippen LogP contribution < -0.4 is 0 Å². The fourth-order valence-electron chi connectivity index (χ4n) is 0.952. The summed E-state index contributed by atoms with van der Waals surface area (Å²) in [7, 11) is 0. The number of nitrogens with zero attached hydrogens (tertiary/aromatic N) is 2. The normalized spacial score (nSPS) is 10.2. The van der Waals surface area contributed by atoms with Crippen LogP contribution in [0, 0.1) is 24.1 Å². The maximum atomic E-state index is 12.8. The Kier molecular flexibility index (Phi) is 2.52. The molecular weight excluding hydrogens is 181 g/mol. The van der Waals surface area contributed by atoms with Gasteiger partial charge in [0.05, 0.1) is 11.8 Å². The molecule has 1 aromatic rings. The van der Waals surface area contributed by atoms with Crippen LogP contribution in [-0.4, -0.2) is 4.98 Å². The molecule has 1 heterocycles. The summed E-state index contributed by atoms with van der Waals surface area (Å²) < 4.78 is 37.1. The molecule has 68 valence electrons. The van der Waals surface area contributed by atoms with E-state index < -0.39 is 17.9 Å². The number of hydrogen-bond donors (Lipinski definition) is 0. The van der Waals surface area contributed by atoms with Gasteiger partial charge in [0.1, 0.15) is 11.8 Å². The fourth-order valence-corrected chi connectivity index (χ4v) is 0.952. The molecule has 5 heteroatoms. The molecule has 1 rings (SSSR count). The lowest BCUT2D eigenvalue weighted by Crippen LogP contribution is -2.00. The van der Waals surface area contributed by atoms with Gasteiger partial charge in [0.2, 0.25) is 0 Å². The number of aromatic nitrogens is 1. The van der Waals surface area contributed by atoms with Gasteiger partial charge in [-0.2, -0.15) is 5.26 Å². The molecule has 0 unspecified atom stereocenters. The third-order valence-electron chi connectivity index (χ3n) is 1.63. The van der Waals surface area contributed by atoms with E-state index in [9.17, 15) is 13.2 Å². The predicted octanol–water partition coefficient (Wildman–Crippen LogP) is 2.34. The van der Waals surface area contributed by atoms with Crippen molar-refractivity contribution in [3.63, 3.8) is 0 Å². The molecule has 0 fully saturated rings. The molecule has 0 saturated heterocycles. The third-order valence-corrected chi connectivity index (χ3v) is 1.63. The highest BCUT2D eigenvalue weighted by atomic mass is 19.3. The van der Waals surface area contributed by atoms with E-state index in [1.54, 1.807) is 0 Å². The van der Waals surface area contributed by atoms with Gasteiger partial charge in [-0.1, -0.05) is 0 Å². The Bertz CT molecular complexity index is 368. The van der Waals surface area contributed by atoms with Crippen LogP contribution in [0.25, 0.3) is 0 Å². The lowest BCUT2D eigenvalue weighted by molar-refractivity contribution is 0.145. The van der Waals surface area contributed by atoms with Crippen molar-refractivity contribution in [2.45, 2.75) is 13.3 Å². The van der Waals surface area contributed by atoms with Gasteiger partial charge in [-0.3, -0.25) is 4.98 Å². The Labute approximate surface area is 72.6 Å². The monoisotopic (exact) mass is 186 g/mol. The molecule has 2 nitrogen and oxygen atoms in total. The molecule has 0 amide bonds. The summed E-state index contributed by atoms with van der Waals surface area (Å²) in [5.74, 6) is -0.871. The second kappa shape index (κ2) is 3.44. The molecule has 0 aromatic carbocycles. The van der Waals surface area contributed by atoms with Crippen LogP contribution >= 0.6 is 0 Å². The molecule has 0 spiro atoms. The minimum atomic E-state index is -2.78. The van der Waals surface area contributed by atoms with Gasteiger partial charge in [-0.05, 0) is 12.5 Å². The topological polar surface area (TPSA) is 36.7 Å². The molecule has 0 N–H and O–H groups in total. The second-order valence-corrected chi connectivity index (χ2v) is 2.40. The summed E-state index contributed by atoms with van der Waals surface area (Å²) in [6.07, 6.45) is -2.15. The first-order valence-electron chi connectivity index (χ1n) is 3.41. The first kappa shape index (κ1) is 9.52. The highest BCUT2D eigenvalue weighted by molar-refractivity contribution is 5.39. The Morgan fingerprint density at radius 1 is 1.54 bits per heavy atom. The quantitative estimate of drug-likeness (QED) is 0.674. The lowest BCUT2D eigenvalue weighted by Gasteiger charge is -2.04. The van der Waals surface area contributed by atoms with Crippen molar-refractivity contribution in [3.05, 3.63) is 28.8 Å². The molecule has 0 aliphatic carbocycles. The Hall–Kier alpha value is -1.57. The van der Waals surface area contributed by atoms with Crippen LogP contribution in [0.3, 0.4) is 0 Å². The van der Waals surface area contributed by atoms with E-state index in [1.165, 1.54) is 13.0 Å². The maximum Gasteiger partial charge on any atom is 0.280 e. The summed E-state index contributed by atoms with van der Waals surface area (Å²) in [5.41, 5.74) is -1.01. The molecular formula is C8H5F3N2. The summed E-state index contributed by atoms with van der Waals surface area (Å²) in [4.78, 5) is 3.21. The number of nitriles is 1. The van der Waals surface area contributed by atoms with E-state index in [0.717, 1.165) is 0 Å². The van der Waals surface area contributed by atoms with E-state index in [4.69, 9.17) is 5.26 Å². The van der Waals surface area contributed by atoms with Crippen molar-refractivity contribution in [1.29, 1.82) is 5.26 Å². The number of hydrogen-bond acceptors (Lipinski definition) is 2. The van der Waals surface area contributed by atoms with Crippen molar-refractivity contribution >= 4 is 0 Å². The highest BCUT2D eigenvalue weighted by Crippen LogP contribution is 2.23. The number of alkyl halides is 2. The lowest BCUT2D eigenvalue weighted by atomic mass is 10.1. The van der Waals surface area contributed by atoms with E-state index in [0.29, 0.717) is 6.20 Å². The standard InChI is InChI=1S/C8H5F3N2/c1-4-5(2-12)6(9)3-13-7(4)8(10)11/h3,8H,1H3. The van der Waals surface area contributed by atoms with E-state index in [2.05, 4.69) is 4.98 Å². The summed E-state index contributed by atoms with van der Waals surface area (Å²) in [6, 6.07) is 1.51. The minimum absolute atomic E-state index is 0.0995. The summed E-state index contributed by atoms with van der Waals surface area (Å²) >= 11 is 0. The number of halogens is 3. The van der Waals surface area contributed by atoms with Gasteiger partial charge >= 0.3 is 0 Å². The van der Waals surface area contributed by atoms with E-state index >= 15 is 0 Å². The highest BCUT2D eigenvalue weighted by Gasteiger charge is 2.17. The zero-order valence-electron chi connectivity index (χ0n) is 6.68. The molecule has 0 atom stereocenters. The van der Waals surface area contributed by atoms with E-state index in [1.807, 2.05) is 0 Å². The van der Waals surface area contributed by atoms with Crippen molar-refractivity contribution in [3.8, 4) is 6.07 Å². The third kappa shape index (κ3) is 1.61. The molecule has 0 aliphatic heterocycles. The predicted molar refractivity (Wildman–Crippen MR) is 38.6 cm³/mol. The zero-order chi connectivity index (χ0) is 10.0.